The van der Waals surface area contributed by atoms with Crippen molar-refractivity contribution >= 4 is 22.3 Å². The number of hydrogen-bond acceptors (Lipinski definition) is 4. The Morgan fingerprint density at radius 1 is 1.29 bits per heavy atom. The van der Waals surface area contributed by atoms with E-state index in [4.69, 9.17) is 15.1 Å². The van der Waals surface area contributed by atoms with Gasteiger partial charge in [-0.25, -0.2) is 4.98 Å². The highest BCUT2D eigenvalue weighted by Crippen LogP contribution is 2.28. The Bertz CT molecular complexity index is 718. The molecule has 110 valence electrons. The first kappa shape index (κ1) is 14.3. The Morgan fingerprint density at radius 2 is 2.05 bits per heavy atom. The lowest BCUT2D eigenvalue weighted by molar-refractivity contribution is 0.492. The van der Waals surface area contributed by atoms with Crippen LogP contribution in [0.4, 0.5) is 0 Å². The van der Waals surface area contributed by atoms with Crippen molar-refractivity contribution in [3.63, 3.8) is 0 Å². The van der Waals surface area contributed by atoms with Crippen LogP contribution >= 0.6 is 11.3 Å². The van der Waals surface area contributed by atoms with Gasteiger partial charge in [-0.15, -0.1) is 11.3 Å². The lowest BCUT2D eigenvalue weighted by atomic mass is 9.93. The van der Waals surface area contributed by atoms with Gasteiger partial charge in [-0.2, -0.15) is 0 Å². The number of furan rings is 1. The van der Waals surface area contributed by atoms with E-state index in [1.165, 1.54) is 0 Å². The molecular formula is C17H20N2OS. The second kappa shape index (κ2) is 5.28. The summed E-state index contributed by atoms with van der Waals surface area (Å²) in [6, 6.07) is 9.85. The van der Waals surface area contributed by atoms with Crippen LogP contribution in [0.1, 0.15) is 43.3 Å². The summed E-state index contributed by atoms with van der Waals surface area (Å²) >= 11 is 1.67. The number of fused-ring (bicyclic) bond motifs is 1. The topological polar surface area (TPSA) is 52.0 Å². The number of nitrogens with two attached hydrogens (primary N) is 1. The van der Waals surface area contributed by atoms with Crippen molar-refractivity contribution in [3.8, 4) is 0 Å². The maximum atomic E-state index is 6.28. The summed E-state index contributed by atoms with van der Waals surface area (Å²) in [5.41, 5.74) is 8.37. The minimum absolute atomic E-state index is 0.0816. The molecule has 2 aromatic heterocycles. The summed E-state index contributed by atoms with van der Waals surface area (Å²) in [7, 11) is 0. The highest BCUT2D eigenvalue weighted by molar-refractivity contribution is 7.09. The largest absolute Gasteiger partial charge is 0.459 e. The van der Waals surface area contributed by atoms with Gasteiger partial charge >= 0.3 is 0 Å². The molecule has 0 saturated heterocycles. The van der Waals surface area contributed by atoms with E-state index in [2.05, 4.69) is 26.2 Å². The van der Waals surface area contributed by atoms with E-state index in [0.717, 1.165) is 27.4 Å². The van der Waals surface area contributed by atoms with Gasteiger partial charge in [0.25, 0.3) is 0 Å². The van der Waals surface area contributed by atoms with Gasteiger partial charge in [-0.3, -0.25) is 0 Å². The molecule has 21 heavy (non-hydrogen) atoms. The maximum absolute atomic E-state index is 6.28. The molecule has 2 heterocycles. The summed E-state index contributed by atoms with van der Waals surface area (Å²) in [4.78, 5) is 4.70. The summed E-state index contributed by atoms with van der Waals surface area (Å²) < 4.78 is 5.83. The van der Waals surface area contributed by atoms with Crippen LogP contribution in [0.5, 0.6) is 0 Å². The van der Waals surface area contributed by atoms with E-state index in [1.54, 1.807) is 11.3 Å². The highest BCUT2D eigenvalue weighted by Gasteiger charge is 2.19. The van der Waals surface area contributed by atoms with Gasteiger partial charge in [0.2, 0.25) is 0 Å². The van der Waals surface area contributed by atoms with Crippen LogP contribution in [-0.4, -0.2) is 4.98 Å². The summed E-state index contributed by atoms with van der Waals surface area (Å²) in [6.07, 6.45) is 0.709. The summed E-state index contributed by atoms with van der Waals surface area (Å²) in [6.45, 7) is 6.51. The summed E-state index contributed by atoms with van der Waals surface area (Å²) in [5.74, 6) is 0.823. The van der Waals surface area contributed by atoms with Gasteiger partial charge in [0.1, 0.15) is 11.3 Å². The van der Waals surface area contributed by atoms with Gasteiger partial charge in [0.05, 0.1) is 16.7 Å². The molecule has 2 N–H and O–H groups in total. The van der Waals surface area contributed by atoms with Crippen molar-refractivity contribution in [1.82, 2.24) is 4.98 Å². The monoisotopic (exact) mass is 300 g/mol. The molecule has 0 aliphatic rings. The van der Waals surface area contributed by atoms with Gasteiger partial charge in [0, 0.05) is 22.6 Å². The number of thiazole rings is 1. The second-order valence-electron chi connectivity index (χ2n) is 6.37. The smallest absolute Gasteiger partial charge is 0.134 e. The zero-order valence-electron chi connectivity index (χ0n) is 12.6. The zero-order chi connectivity index (χ0) is 15.0. The van der Waals surface area contributed by atoms with Crippen LogP contribution in [0.3, 0.4) is 0 Å². The van der Waals surface area contributed by atoms with Gasteiger partial charge < -0.3 is 10.2 Å². The van der Waals surface area contributed by atoms with E-state index in [-0.39, 0.29) is 11.5 Å². The third-order valence-electron chi connectivity index (χ3n) is 3.52. The van der Waals surface area contributed by atoms with E-state index in [0.29, 0.717) is 6.42 Å². The number of hydrogen-bond donors (Lipinski definition) is 1. The first-order valence-electron chi connectivity index (χ1n) is 7.12. The van der Waals surface area contributed by atoms with E-state index in [1.807, 2.05) is 30.3 Å². The van der Waals surface area contributed by atoms with Gasteiger partial charge in [-0.1, -0.05) is 39.0 Å². The number of aromatic nitrogens is 1. The van der Waals surface area contributed by atoms with Crippen LogP contribution in [0.15, 0.2) is 40.1 Å². The van der Waals surface area contributed by atoms with E-state index < -0.39 is 0 Å². The normalized spacial score (nSPS) is 13.7. The Hall–Kier alpha value is -1.65. The Kier molecular flexibility index (Phi) is 3.59. The lowest BCUT2D eigenvalue weighted by Crippen LogP contribution is -2.14. The molecule has 0 bridgehead atoms. The van der Waals surface area contributed by atoms with Gasteiger partial charge in [-0.05, 0) is 12.1 Å². The van der Waals surface area contributed by atoms with Crippen LogP contribution in [0, 0.1) is 0 Å². The Morgan fingerprint density at radius 3 is 2.71 bits per heavy atom. The lowest BCUT2D eigenvalue weighted by Gasteiger charge is -2.14. The molecule has 0 fully saturated rings. The molecule has 1 unspecified atom stereocenters. The predicted molar refractivity (Wildman–Crippen MR) is 87.7 cm³/mol. The third kappa shape index (κ3) is 3.01. The number of para-hydroxylation sites is 1. The number of rotatable bonds is 3. The van der Waals surface area contributed by atoms with E-state index >= 15 is 0 Å². The average molecular weight is 300 g/mol. The standard InChI is InChI=1S/C17H20N2OS/c1-17(2,3)15-10-21-16(19-15)9-12(18)14-8-11-6-4-5-7-13(11)20-14/h4-8,10,12H,9,18H2,1-3H3. The molecule has 0 aliphatic carbocycles. The molecule has 3 aromatic rings. The SMILES string of the molecule is CC(C)(C)c1csc(CC(N)c2cc3ccccc3o2)n1. The molecule has 3 nitrogen and oxygen atoms in total. The fourth-order valence-electron chi connectivity index (χ4n) is 2.22. The first-order chi connectivity index (χ1) is 9.93. The average Bonchev–Trinajstić information content (AvgIpc) is 3.03. The van der Waals surface area contributed by atoms with E-state index in [9.17, 15) is 0 Å². The molecule has 4 heteroatoms. The van der Waals surface area contributed by atoms with Crippen molar-refractivity contribution in [1.29, 1.82) is 0 Å². The molecule has 0 amide bonds. The fraction of sp³-hybridized carbons (Fsp3) is 0.353. The predicted octanol–water partition coefficient (Wildman–Crippen LogP) is 4.43. The summed E-state index contributed by atoms with van der Waals surface area (Å²) in [5, 5.41) is 4.28. The Labute approximate surface area is 128 Å². The molecular weight excluding hydrogens is 280 g/mol. The molecule has 1 aromatic carbocycles. The Balaban J connectivity index is 1.79. The van der Waals surface area contributed by atoms with Crippen molar-refractivity contribution in [2.75, 3.05) is 0 Å². The number of benzene rings is 1. The molecule has 0 spiro atoms. The second-order valence-corrected chi connectivity index (χ2v) is 7.32. The van der Waals surface area contributed by atoms with Crippen molar-refractivity contribution in [2.24, 2.45) is 5.73 Å². The van der Waals surface area contributed by atoms with Crippen LogP contribution < -0.4 is 5.73 Å². The molecule has 0 radical (unpaired) electrons. The zero-order valence-corrected chi connectivity index (χ0v) is 13.4. The highest BCUT2D eigenvalue weighted by atomic mass is 32.1. The molecule has 0 saturated carbocycles. The van der Waals surface area contributed by atoms with Crippen LogP contribution in [0.2, 0.25) is 0 Å². The van der Waals surface area contributed by atoms with Crippen molar-refractivity contribution in [3.05, 3.63) is 52.2 Å². The third-order valence-corrected chi connectivity index (χ3v) is 4.40. The van der Waals surface area contributed by atoms with Crippen LogP contribution in [0.25, 0.3) is 11.0 Å². The fourth-order valence-corrected chi connectivity index (χ4v) is 3.30. The first-order valence-corrected chi connectivity index (χ1v) is 8.00. The minimum Gasteiger partial charge on any atom is -0.459 e. The van der Waals surface area contributed by atoms with Gasteiger partial charge in [0.15, 0.2) is 0 Å². The van der Waals surface area contributed by atoms with Crippen LogP contribution in [-0.2, 0) is 11.8 Å². The molecule has 0 aliphatic heterocycles. The molecule has 3 rings (SSSR count). The minimum atomic E-state index is -0.156. The van der Waals surface area contributed by atoms with Crippen molar-refractivity contribution in [2.45, 2.75) is 38.6 Å². The van der Waals surface area contributed by atoms with Crippen molar-refractivity contribution < 1.29 is 4.42 Å². The number of nitrogens with zero attached hydrogens (tertiary/aromatic N) is 1. The quantitative estimate of drug-likeness (QED) is 0.778. The molecule has 1 atom stereocenters. The maximum Gasteiger partial charge on any atom is 0.134 e.